The molecule has 16 heavy (non-hydrogen) atoms. The highest BCUT2D eigenvalue weighted by molar-refractivity contribution is 14.1. The van der Waals surface area contributed by atoms with E-state index in [1.807, 2.05) is 6.92 Å². The number of rotatable bonds is 6. The normalized spacial score (nSPS) is 9.94. The standard InChI is InChI=1S/C12H15IO3/c1-3-4-16-11-6-9(12(14)8-13)5-10(7-11)15-2/h5-7H,3-4,8H2,1-2H3. The third-order valence-corrected chi connectivity index (χ3v) is 2.72. The quantitative estimate of drug-likeness (QED) is 0.456. The van der Waals surface area contributed by atoms with Crippen molar-refractivity contribution in [2.75, 3.05) is 18.1 Å². The Bertz CT molecular complexity index is 363. The first-order valence-corrected chi connectivity index (χ1v) is 6.64. The van der Waals surface area contributed by atoms with Crippen molar-refractivity contribution in [2.45, 2.75) is 13.3 Å². The van der Waals surface area contributed by atoms with Crippen LogP contribution in [0.1, 0.15) is 23.7 Å². The van der Waals surface area contributed by atoms with Gasteiger partial charge in [0.1, 0.15) is 11.5 Å². The molecule has 0 unspecified atom stereocenters. The van der Waals surface area contributed by atoms with E-state index in [1.165, 1.54) is 0 Å². The van der Waals surface area contributed by atoms with Crippen LogP contribution in [0, 0.1) is 0 Å². The van der Waals surface area contributed by atoms with Gasteiger partial charge in [-0.05, 0) is 18.6 Å². The molecule has 1 rings (SSSR count). The average Bonchev–Trinajstić information content (AvgIpc) is 2.34. The van der Waals surface area contributed by atoms with Crippen molar-refractivity contribution >= 4 is 28.4 Å². The molecule has 3 nitrogen and oxygen atoms in total. The number of hydrogen-bond acceptors (Lipinski definition) is 3. The third kappa shape index (κ3) is 3.66. The van der Waals surface area contributed by atoms with Gasteiger partial charge in [0, 0.05) is 11.6 Å². The molecule has 88 valence electrons. The molecule has 0 atom stereocenters. The predicted octanol–water partition coefficient (Wildman–Crippen LogP) is 3.10. The maximum Gasteiger partial charge on any atom is 0.172 e. The van der Waals surface area contributed by atoms with Gasteiger partial charge in [0.2, 0.25) is 0 Å². The molecule has 0 saturated carbocycles. The largest absolute Gasteiger partial charge is 0.497 e. The monoisotopic (exact) mass is 334 g/mol. The number of Topliss-reactive ketones (excluding diaryl/α,β-unsaturated/α-hetero) is 1. The van der Waals surface area contributed by atoms with Gasteiger partial charge in [-0.3, -0.25) is 4.79 Å². The topological polar surface area (TPSA) is 35.5 Å². The zero-order chi connectivity index (χ0) is 12.0. The zero-order valence-corrected chi connectivity index (χ0v) is 11.6. The van der Waals surface area contributed by atoms with Gasteiger partial charge in [0.25, 0.3) is 0 Å². The van der Waals surface area contributed by atoms with Crippen LogP contribution in [-0.2, 0) is 0 Å². The van der Waals surface area contributed by atoms with Crippen LogP contribution >= 0.6 is 22.6 Å². The van der Waals surface area contributed by atoms with E-state index in [4.69, 9.17) is 9.47 Å². The van der Waals surface area contributed by atoms with Gasteiger partial charge in [0.05, 0.1) is 18.1 Å². The number of carbonyl (C=O) groups is 1. The van der Waals surface area contributed by atoms with Gasteiger partial charge in [-0.15, -0.1) is 0 Å². The fourth-order valence-electron chi connectivity index (χ4n) is 1.23. The first kappa shape index (κ1) is 13.3. The second-order valence-corrected chi connectivity index (χ2v) is 4.07. The fourth-order valence-corrected chi connectivity index (χ4v) is 1.67. The summed E-state index contributed by atoms with van der Waals surface area (Å²) in [6.45, 7) is 2.68. The second kappa shape index (κ2) is 6.73. The molecule has 0 aliphatic carbocycles. The summed E-state index contributed by atoms with van der Waals surface area (Å²) in [6, 6.07) is 5.29. The van der Waals surface area contributed by atoms with E-state index < -0.39 is 0 Å². The molecular formula is C12H15IO3. The molecular weight excluding hydrogens is 319 g/mol. The van der Waals surface area contributed by atoms with Crippen LogP contribution < -0.4 is 9.47 Å². The van der Waals surface area contributed by atoms with Crippen LogP contribution in [0.2, 0.25) is 0 Å². The number of methoxy groups -OCH3 is 1. The highest BCUT2D eigenvalue weighted by Crippen LogP contribution is 2.23. The molecule has 4 heteroatoms. The Hall–Kier alpha value is -0.780. The van der Waals surface area contributed by atoms with Crippen molar-refractivity contribution in [3.05, 3.63) is 23.8 Å². The van der Waals surface area contributed by atoms with E-state index >= 15 is 0 Å². The molecule has 0 aromatic heterocycles. The predicted molar refractivity (Wildman–Crippen MR) is 72.0 cm³/mol. The summed E-state index contributed by atoms with van der Waals surface area (Å²) in [5.41, 5.74) is 0.639. The van der Waals surface area contributed by atoms with E-state index in [9.17, 15) is 4.79 Å². The number of hydrogen-bond donors (Lipinski definition) is 0. The lowest BCUT2D eigenvalue weighted by atomic mass is 10.1. The molecule has 0 radical (unpaired) electrons. The molecule has 0 fully saturated rings. The fraction of sp³-hybridized carbons (Fsp3) is 0.417. The maximum absolute atomic E-state index is 11.6. The van der Waals surface area contributed by atoms with Gasteiger partial charge in [0.15, 0.2) is 5.78 Å². The van der Waals surface area contributed by atoms with E-state index in [0.29, 0.717) is 28.1 Å². The summed E-state index contributed by atoms with van der Waals surface area (Å²) in [5.74, 6) is 1.43. The Labute approximate surface area is 109 Å². The summed E-state index contributed by atoms with van der Waals surface area (Å²) in [6.07, 6.45) is 0.937. The van der Waals surface area contributed by atoms with Crippen molar-refractivity contribution in [3.8, 4) is 11.5 Å². The highest BCUT2D eigenvalue weighted by Gasteiger charge is 2.08. The van der Waals surface area contributed by atoms with E-state index in [0.717, 1.165) is 6.42 Å². The summed E-state index contributed by atoms with van der Waals surface area (Å²) >= 11 is 2.05. The third-order valence-electron chi connectivity index (χ3n) is 2.03. The van der Waals surface area contributed by atoms with Crippen LogP contribution in [0.3, 0.4) is 0 Å². The Morgan fingerprint density at radius 1 is 1.31 bits per heavy atom. The Kier molecular flexibility index (Phi) is 5.59. The molecule has 0 bridgehead atoms. The molecule has 0 aliphatic heterocycles. The molecule has 0 spiro atoms. The van der Waals surface area contributed by atoms with Crippen LogP contribution in [0.4, 0.5) is 0 Å². The lowest BCUT2D eigenvalue weighted by Crippen LogP contribution is -2.02. The second-order valence-electron chi connectivity index (χ2n) is 3.30. The van der Waals surface area contributed by atoms with Crippen LogP contribution in [-0.4, -0.2) is 23.9 Å². The first-order valence-electron chi connectivity index (χ1n) is 5.12. The molecule has 0 N–H and O–H groups in total. The maximum atomic E-state index is 11.6. The molecule has 1 aromatic rings. The molecule has 0 saturated heterocycles. The summed E-state index contributed by atoms with van der Waals surface area (Å²) in [5, 5.41) is 0. The minimum Gasteiger partial charge on any atom is -0.497 e. The molecule has 0 heterocycles. The highest BCUT2D eigenvalue weighted by atomic mass is 127. The minimum absolute atomic E-state index is 0.0841. The SMILES string of the molecule is CCCOc1cc(OC)cc(C(=O)CI)c1. The number of ether oxygens (including phenoxy) is 2. The first-order chi connectivity index (χ1) is 7.71. The summed E-state index contributed by atoms with van der Waals surface area (Å²) in [7, 11) is 1.58. The van der Waals surface area contributed by atoms with E-state index in [1.54, 1.807) is 25.3 Å². The van der Waals surface area contributed by atoms with Gasteiger partial charge in [-0.25, -0.2) is 0 Å². The number of benzene rings is 1. The van der Waals surface area contributed by atoms with Crippen molar-refractivity contribution < 1.29 is 14.3 Å². The van der Waals surface area contributed by atoms with Crippen LogP contribution in [0.5, 0.6) is 11.5 Å². The number of alkyl halides is 1. The minimum atomic E-state index is 0.0841. The molecule has 0 aliphatic rings. The zero-order valence-electron chi connectivity index (χ0n) is 9.46. The lowest BCUT2D eigenvalue weighted by molar-refractivity contribution is 0.102. The Morgan fingerprint density at radius 3 is 2.56 bits per heavy atom. The van der Waals surface area contributed by atoms with Crippen LogP contribution in [0.15, 0.2) is 18.2 Å². The Balaban J connectivity index is 2.96. The van der Waals surface area contributed by atoms with Gasteiger partial charge in [-0.1, -0.05) is 29.5 Å². The number of ketones is 1. The van der Waals surface area contributed by atoms with Crippen LogP contribution in [0.25, 0.3) is 0 Å². The van der Waals surface area contributed by atoms with Crippen molar-refractivity contribution in [3.63, 3.8) is 0 Å². The smallest absolute Gasteiger partial charge is 0.172 e. The van der Waals surface area contributed by atoms with E-state index in [-0.39, 0.29) is 5.78 Å². The van der Waals surface area contributed by atoms with Crippen molar-refractivity contribution in [1.82, 2.24) is 0 Å². The lowest BCUT2D eigenvalue weighted by Gasteiger charge is -2.09. The number of carbonyl (C=O) groups excluding carboxylic acids is 1. The number of halogens is 1. The van der Waals surface area contributed by atoms with E-state index in [2.05, 4.69) is 22.6 Å². The summed E-state index contributed by atoms with van der Waals surface area (Å²) in [4.78, 5) is 11.6. The average molecular weight is 334 g/mol. The van der Waals surface area contributed by atoms with Crippen molar-refractivity contribution in [1.29, 1.82) is 0 Å². The summed E-state index contributed by atoms with van der Waals surface area (Å²) < 4.78 is 11.1. The van der Waals surface area contributed by atoms with Gasteiger partial charge < -0.3 is 9.47 Å². The van der Waals surface area contributed by atoms with Gasteiger partial charge >= 0.3 is 0 Å². The Morgan fingerprint density at radius 2 is 2.00 bits per heavy atom. The molecule has 0 amide bonds. The molecule has 1 aromatic carbocycles. The van der Waals surface area contributed by atoms with Gasteiger partial charge in [-0.2, -0.15) is 0 Å². The van der Waals surface area contributed by atoms with Crippen molar-refractivity contribution in [2.24, 2.45) is 0 Å².